The Morgan fingerprint density at radius 1 is 1.24 bits per heavy atom. The number of rotatable bonds is 5. The summed E-state index contributed by atoms with van der Waals surface area (Å²) < 4.78 is 9.68. The standard InChI is InChI=1S/C15H22N2O4/c1-15(2,3)13(16)14(19)17-10-5-7-11(8-6-10)21-9-12(18)20-4/h5-8,13H,9,16H2,1-4H3,(H,17,19)/t13-/m0/s1. The van der Waals surface area contributed by atoms with Crippen LogP contribution < -0.4 is 15.8 Å². The van der Waals surface area contributed by atoms with Gasteiger partial charge >= 0.3 is 5.97 Å². The van der Waals surface area contributed by atoms with Gasteiger partial charge in [0, 0.05) is 5.69 Å². The molecule has 1 atom stereocenters. The Bertz CT molecular complexity index is 491. The maximum Gasteiger partial charge on any atom is 0.343 e. The number of nitrogens with one attached hydrogen (secondary N) is 1. The number of hydrogen-bond donors (Lipinski definition) is 2. The summed E-state index contributed by atoms with van der Waals surface area (Å²) in [5.41, 5.74) is 6.18. The minimum Gasteiger partial charge on any atom is -0.482 e. The molecule has 1 aromatic rings. The number of carbonyl (C=O) groups is 2. The summed E-state index contributed by atoms with van der Waals surface area (Å²) in [6, 6.07) is 6.06. The summed E-state index contributed by atoms with van der Waals surface area (Å²) in [5, 5.41) is 2.74. The van der Waals surface area contributed by atoms with E-state index in [1.807, 2.05) is 20.8 Å². The van der Waals surface area contributed by atoms with Gasteiger partial charge in [-0.05, 0) is 29.7 Å². The third kappa shape index (κ3) is 5.43. The predicted octanol–water partition coefficient (Wildman–Crippen LogP) is 1.55. The molecule has 21 heavy (non-hydrogen) atoms. The van der Waals surface area contributed by atoms with Crippen LogP contribution in [0.4, 0.5) is 5.69 Å². The van der Waals surface area contributed by atoms with Gasteiger partial charge in [-0.3, -0.25) is 4.79 Å². The molecule has 0 aliphatic heterocycles. The van der Waals surface area contributed by atoms with Crippen LogP contribution in [0, 0.1) is 5.41 Å². The Labute approximate surface area is 124 Å². The second kappa shape index (κ2) is 7.08. The van der Waals surface area contributed by atoms with Crippen LogP contribution in [0.15, 0.2) is 24.3 Å². The number of benzene rings is 1. The molecular formula is C15H22N2O4. The first-order valence-electron chi connectivity index (χ1n) is 6.60. The highest BCUT2D eigenvalue weighted by molar-refractivity contribution is 5.95. The fourth-order valence-corrected chi connectivity index (χ4v) is 1.45. The largest absolute Gasteiger partial charge is 0.482 e. The van der Waals surface area contributed by atoms with E-state index in [0.29, 0.717) is 11.4 Å². The average Bonchev–Trinajstić information content (AvgIpc) is 2.44. The topological polar surface area (TPSA) is 90.6 Å². The molecule has 1 aromatic carbocycles. The second-order valence-corrected chi connectivity index (χ2v) is 5.72. The predicted molar refractivity (Wildman–Crippen MR) is 80.0 cm³/mol. The average molecular weight is 294 g/mol. The van der Waals surface area contributed by atoms with Gasteiger partial charge in [-0.25, -0.2) is 4.79 Å². The number of esters is 1. The first kappa shape index (κ1) is 17.0. The number of hydrogen-bond acceptors (Lipinski definition) is 5. The van der Waals surface area contributed by atoms with Crippen molar-refractivity contribution in [3.8, 4) is 5.75 Å². The summed E-state index contributed by atoms with van der Waals surface area (Å²) in [6.07, 6.45) is 0. The van der Waals surface area contributed by atoms with Crippen LogP contribution in [0.1, 0.15) is 20.8 Å². The minimum atomic E-state index is -0.604. The third-order valence-electron chi connectivity index (χ3n) is 2.92. The smallest absolute Gasteiger partial charge is 0.343 e. The van der Waals surface area contributed by atoms with Crippen molar-refractivity contribution < 1.29 is 19.1 Å². The van der Waals surface area contributed by atoms with Crippen LogP contribution in [0.25, 0.3) is 0 Å². The fourth-order valence-electron chi connectivity index (χ4n) is 1.45. The molecule has 0 radical (unpaired) electrons. The first-order valence-corrected chi connectivity index (χ1v) is 6.60. The van der Waals surface area contributed by atoms with Gasteiger partial charge < -0.3 is 20.5 Å². The van der Waals surface area contributed by atoms with Gasteiger partial charge in [0.15, 0.2) is 6.61 Å². The van der Waals surface area contributed by atoms with Crippen LogP contribution in [-0.2, 0) is 14.3 Å². The Hall–Kier alpha value is -2.08. The lowest BCUT2D eigenvalue weighted by Crippen LogP contribution is -2.45. The third-order valence-corrected chi connectivity index (χ3v) is 2.92. The quantitative estimate of drug-likeness (QED) is 0.804. The second-order valence-electron chi connectivity index (χ2n) is 5.72. The highest BCUT2D eigenvalue weighted by Gasteiger charge is 2.27. The molecule has 3 N–H and O–H groups in total. The van der Waals surface area contributed by atoms with Crippen molar-refractivity contribution in [3.63, 3.8) is 0 Å². The van der Waals surface area contributed by atoms with Crippen LogP contribution in [0.3, 0.4) is 0 Å². The molecule has 0 aliphatic carbocycles. The van der Waals surface area contributed by atoms with Gasteiger partial charge in [-0.2, -0.15) is 0 Å². The molecule has 1 rings (SSSR count). The van der Waals surface area contributed by atoms with Crippen LogP contribution in [0.2, 0.25) is 0 Å². The molecule has 0 spiro atoms. The van der Waals surface area contributed by atoms with Gasteiger partial charge in [-0.15, -0.1) is 0 Å². The van der Waals surface area contributed by atoms with Crippen molar-refractivity contribution in [2.75, 3.05) is 19.0 Å². The molecule has 0 saturated carbocycles. The van der Waals surface area contributed by atoms with Crippen LogP contribution in [-0.4, -0.2) is 31.6 Å². The normalized spacial score (nSPS) is 12.4. The molecule has 116 valence electrons. The number of anilines is 1. The van der Waals surface area contributed by atoms with Crippen LogP contribution >= 0.6 is 0 Å². The Kier molecular flexibility index (Phi) is 5.72. The zero-order valence-corrected chi connectivity index (χ0v) is 12.8. The van der Waals surface area contributed by atoms with Gasteiger partial charge in [0.1, 0.15) is 5.75 Å². The summed E-state index contributed by atoms with van der Waals surface area (Å²) in [4.78, 5) is 22.9. The highest BCUT2D eigenvalue weighted by atomic mass is 16.6. The Morgan fingerprint density at radius 2 is 1.81 bits per heavy atom. The van der Waals surface area contributed by atoms with Crippen molar-refractivity contribution in [1.29, 1.82) is 0 Å². The summed E-state index contributed by atoms with van der Waals surface area (Å²) in [7, 11) is 1.29. The molecule has 0 unspecified atom stereocenters. The van der Waals surface area contributed by atoms with E-state index in [0.717, 1.165) is 0 Å². The number of nitrogens with two attached hydrogens (primary N) is 1. The lowest BCUT2D eigenvalue weighted by atomic mass is 9.87. The molecule has 0 aromatic heterocycles. The lowest BCUT2D eigenvalue weighted by molar-refractivity contribution is -0.142. The van der Waals surface area contributed by atoms with Gasteiger partial charge in [0.05, 0.1) is 13.2 Å². The zero-order valence-electron chi connectivity index (χ0n) is 12.8. The van der Waals surface area contributed by atoms with E-state index >= 15 is 0 Å². The monoisotopic (exact) mass is 294 g/mol. The number of methoxy groups -OCH3 is 1. The Morgan fingerprint density at radius 3 is 2.29 bits per heavy atom. The molecular weight excluding hydrogens is 272 g/mol. The summed E-state index contributed by atoms with van der Waals surface area (Å²) in [6.45, 7) is 5.56. The molecule has 6 heteroatoms. The Balaban J connectivity index is 2.59. The summed E-state index contributed by atoms with van der Waals surface area (Å²) >= 11 is 0. The van der Waals surface area contributed by atoms with Gasteiger partial charge in [0.25, 0.3) is 0 Å². The van der Waals surface area contributed by atoms with Gasteiger partial charge in [0.2, 0.25) is 5.91 Å². The zero-order chi connectivity index (χ0) is 16.0. The van der Waals surface area contributed by atoms with Crippen molar-refractivity contribution in [1.82, 2.24) is 0 Å². The molecule has 1 amide bonds. The maximum absolute atomic E-state index is 12.0. The molecule has 0 aliphatic rings. The molecule has 0 saturated heterocycles. The van der Waals surface area contributed by atoms with E-state index in [4.69, 9.17) is 10.5 Å². The number of carbonyl (C=O) groups excluding carboxylic acids is 2. The van der Waals surface area contributed by atoms with E-state index in [1.54, 1.807) is 24.3 Å². The fraction of sp³-hybridized carbons (Fsp3) is 0.467. The number of ether oxygens (including phenoxy) is 2. The van der Waals surface area contributed by atoms with E-state index in [9.17, 15) is 9.59 Å². The summed E-state index contributed by atoms with van der Waals surface area (Å²) in [5.74, 6) is -0.187. The SMILES string of the molecule is COC(=O)COc1ccc(NC(=O)[C@H](N)C(C)(C)C)cc1. The van der Waals surface area contributed by atoms with E-state index in [2.05, 4.69) is 10.1 Å². The maximum atomic E-state index is 12.0. The van der Waals surface area contributed by atoms with E-state index in [1.165, 1.54) is 7.11 Å². The van der Waals surface area contributed by atoms with Crippen molar-refractivity contribution in [2.45, 2.75) is 26.8 Å². The first-order chi connectivity index (χ1) is 9.74. The van der Waals surface area contributed by atoms with E-state index in [-0.39, 0.29) is 17.9 Å². The van der Waals surface area contributed by atoms with Crippen molar-refractivity contribution >= 4 is 17.6 Å². The van der Waals surface area contributed by atoms with Crippen molar-refractivity contribution in [3.05, 3.63) is 24.3 Å². The van der Waals surface area contributed by atoms with Crippen LogP contribution in [0.5, 0.6) is 5.75 Å². The molecule has 0 fully saturated rings. The molecule has 6 nitrogen and oxygen atoms in total. The van der Waals surface area contributed by atoms with Crippen molar-refractivity contribution in [2.24, 2.45) is 11.1 Å². The van der Waals surface area contributed by atoms with Gasteiger partial charge in [-0.1, -0.05) is 20.8 Å². The lowest BCUT2D eigenvalue weighted by Gasteiger charge is -2.25. The number of amides is 1. The van der Waals surface area contributed by atoms with E-state index < -0.39 is 12.0 Å². The molecule has 0 heterocycles. The molecule has 0 bridgehead atoms. The highest BCUT2D eigenvalue weighted by Crippen LogP contribution is 2.20. The minimum absolute atomic E-state index is 0.156.